The van der Waals surface area contributed by atoms with Crippen LogP contribution in [0.3, 0.4) is 0 Å². The van der Waals surface area contributed by atoms with Crippen molar-refractivity contribution in [3.8, 4) is 0 Å². The number of allylic oxidation sites excluding steroid dienone is 1. The van der Waals surface area contributed by atoms with Crippen LogP contribution >= 0.6 is 0 Å². The predicted octanol–water partition coefficient (Wildman–Crippen LogP) is 2.13. The van der Waals surface area contributed by atoms with Crippen molar-refractivity contribution in [3.63, 3.8) is 0 Å². The van der Waals surface area contributed by atoms with E-state index in [1.54, 1.807) is 0 Å². The molecule has 0 N–H and O–H groups in total. The summed E-state index contributed by atoms with van der Waals surface area (Å²) in [6.45, 7) is 11.0. The van der Waals surface area contributed by atoms with Crippen molar-refractivity contribution >= 4 is 8.07 Å². The molecule has 1 aliphatic rings. The minimum Gasteiger partial charge on any atom is -0.301 e. The molecule has 0 saturated carbocycles. The molecule has 1 aliphatic heterocycles. The number of nitrogens with zero attached hydrogens (tertiary/aromatic N) is 1. The summed E-state index contributed by atoms with van der Waals surface area (Å²) in [4.78, 5) is 2.51. The Labute approximate surface area is 71.1 Å². The normalized spacial score (nSPS) is 19.5. The van der Waals surface area contributed by atoms with Crippen LogP contribution in [0.1, 0.15) is 6.92 Å². The number of hydrogen-bond donors (Lipinski definition) is 0. The third-order valence-corrected chi connectivity index (χ3v) is 4.98. The highest BCUT2D eigenvalue weighted by Gasteiger charge is 2.22. The molecule has 0 unspecified atom stereocenters. The van der Waals surface area contributed by atoms with Crippen LogP contribution in [-0.2, 0) is 0 Å². The topological polar surface area (TPSA) is 3.01 Å². The summed E-state index contributed by atoms with van der Waals surface area (Å²) in [5.41, 5.74) is 2.44. The van der Waals surface area contributed by atoms with Gasteiger partial charge in [0.05, 0.1) is 8.07 Å². The molecule has 0 aliphatic carbocycles. The summed E-state index contributed by atoms with van der Waals surface area (Å²) in [6, 6.07) is 1.43. The van der Waals surface area contributed by atoms with Crippen molar-refractivity contribution in [3.05, 3.63) is 11.8 Å². The first-order valence-electron chi connectivity index (χ1n) is 4.50. The van der Waals surface area contributed by atoms with Crippen LogP contribution in [-0.4, -0.2) is 32.6 Å². The Morgan fingerprint density at radius 3 is 2.45 bits per heavy atom. The molecule has 64 valence electrons. The molecule has 1 fully saturated rings. The molecule has 0 aromatic rings. The molecular weight excluding hydrogens is 150 g/mol. The molecule has 1 heterocycles. The Kier molecular flexibility index (Phi) is 2.90. The van der Waals surface area contributed by atoms with E-state index < -0.39 is 8.07 Å². The highest BCUT2D eigenvalue weighted by atomic mass is 28.3. The summed E-state index contributed by atoms with van der Waals surface area (Å²) >= 11 is 0. The van der Waals surface area contributed by atoms with Gasteiger partial charge in [-0.25, -0.2) is 0 Å². The lowest BCUT2D eigenvalue weighted by atomic mass is 10.7. The van der Waals surface area contributed by atoms with Gasteiger partial charge in [-0.2, -0.15) is 0 Å². The van der Waals surface area contributed by atoms with Crippen LogP contribution in [0.25, 0.3) is 0 Å². The first-order valence-corrected chi connectivity index (χ1v) is 7.79. The molecular formula is C9H19NSi. The van der Waals surface area contributed by atoms with Crippen LogP contribution in [0.2, 0.25) is 19.1 Å². The summed E-state index contributed by atoms with van der Waals surface area (Å²) < 4.78 is 0. The van der Waals surface area contributed by atoms with Gasteiger partial charge in [-0.3, -0.25) is 0 Å². The van der Waals surface area contributed by atoms with Crippen LogP contribution in [0.4, 0.5) is 0 Å². The van der Waals surface area contributed by atoms with Gasteiger partial charge in [0.1, 0.15) is 0 Å². The second-order valence-electron chi connectivity index (χ2n) is 4.08. The lowest BCUT2D eigenvalue weighted by Gasteiger charge is -2.17. The van der Waals surface area contributed by atoms with Crippen molar-refractivity contribution < 1.29 is 0 Å². The lowest BCUT2D eigenvalue weighted by molar-refractivity contribution is 0.590. The number of hydrogen-bond acceptors (Lipinski definition) is 1. The van der Waals surface area contributed by atoms with E-state index in [1.165, 1.54) is 25.7 Å². The highest BCUT2D eigenvalue weighted by Crippen LogP contribution is 2.14. The molecule has 0 spiro atoms. The maximum Gasteiger partial charge on any atom is 0.0725 e. The van der Waals surface area contributed by atoms with E-state index >= 15 is 0 Å². The van der Waals surface area contributed by atoms with Crippen LogP contribution in [0.15, 0.2) is 11.8 Å². The minimum absolute atomic E-state index is 0.948. The van der Waals surface area contributed by atoms with Gasteiger partial charge in [0, 0.05) is 13.1 Å². The Morgan fingerprint density at radius 2 is 2.00 bits per heavy atom. The zero-order valence-electron chi connectivity index (χ0n) is 7.93. The summed E-state index contributed by atoms with van der Waals surface area (Å²) in [7, 11) is -0.948. The third kappa shape index (κ3) is 3.73. The molecule has 11 heavy (non-hydrogen) atoms. The van der Waals surface area contributed by atoms with E-state index in [2.05, 4.69) is 36.7 Å². The van der Waals surface area contributed by atoms with E-state index in [0.29, 0.717) is 0 Å². The van der Waals surface area contributed by atoms with E-state index in [1.807, 2.05) is 0 Å². The standard InChI is InChI=1S/C9H19NSi/c1-4-8-11(2,3)9-7-10-5-6-10/h4,8H,5-7,9H2,1-3H3. The lowest BCUT2D eigenvalue weighted by Crippen LogP contribution is -2.25. The molecule has 0 radical (unpaired) electrons. The van der Waals surface area contributed by atoms with Crippen molar-refractivity contribution in [2.24, 2.45) is 0 Å². The monoisotopic (exact) mass is 169 g/mol. The van der Waals surface area contributed by atoms with Gasteiger partial charge in [-0.15, -0.1) is 0 Å². The average molecular weight is 169 g/mol. The Bertz CT molecular complexity index is 148. The van der Waals surface area contributed by atoms with Crippen LogP contribution in [0, 0.1) is 0 Å². The predicted molar refractivity (Wildman–Crippen MR) is 53.5 cm³/mol. The molecule has 0 aromatic carbocycles. The van der Waals surface area contributed by atoms with Gasteiger partial charge in [0.15, 0.2) is 0 Å². The average Bonchev–Trinajstić information content (AvgIpc) is 2.65. The van der Waals surface area contributed by atoms with Gasteiger partial charge in [0.25, 0.3) is 0 Å². The fourth-order valence-electron chi connectivity index (χ4n) is 1.28. The smallest absolute Gasteiger partial charge is 0.0725 e. The molecule has 1 saturated heterocycles. The Balaban J connectivity index is 2.20. The summed E-state index contributed by atoms with van der Waals surface area (Å²) in [5, 5.41) is 0. The third-order valence-electron chi connectivity index (χ3n) is 2.23. The van der Waals surface area contributed by atoms with Crippen molar-refractivity contribution in [2.45, 2.75) is 26.1 Å². The summed E-state index contributed by atoms with van der Waals surface area (Å²) in [6.07, 6.45) is 2.22. The van der Waals surface area contributed by atoms with E-state index in [0.717, 1.165) is 0 Å². The zero-order chi connectivity index (χ0) is 8.32. The molecule has 0 amide bonds. The Hall–Kier alpha value is -0.0831. The highest BCUT2D eigenvalue weighted by molar-refractivity contribution is 6.82. The van der Waals surface area contributed by atoms with Crippen molar-refractivity contribution in [1.29, 1.82) is 0 Å². The fourth-order valence-corrected chi connectivity index (χ4v) is 3.24. The molecule has 1 nitrogen and oxygen atoms in total. The maximum atomic E-state index is 2.51. The first kappa shape index (κ1) is 9.01. The van der Waals surface area contributed by atoms with Gasteiger partial charge in [-0.1, -0.05) is 24.9 Å². The minimum atomic E-state index is -0.948. The quantitative estimate of drug-likeness (QED) is 0.460. The second-order valence-corrected chi connectivity index (χ2v) is 8.89. The second kappa shape index (κ2) is 3.54. The molecule has 0 aromatic heterocycles. The molecule has 0 atom stereocenters. The molecule has 0 bridgehead atoms. The number of rotatable bonds is 4. The largest absolute Gasteiger partial charge is 0.301 e. The van der Waals surface area contributed by atoms with E-state index in [9.17, 15) is 0 Å². The van der Waals surface area contributed by atoms with Crippen molar-refractivity contribution in [2.75, 3.05) is 19.6 Å². The SMILES string of the molecule is CC=C[Si](C)(C)CCN1CC1. The zero-order valence-corrected chi connectivity index (χ0v) is 8.93. The van der Waals surface area contributed by atoms with Gasteiger partial charge in [0.2, 0.25) is 0 Å². The van der Waals surface area contributed by atoms with Crippen LogP contribution in [0.5, 0.6) is 0 Å². The maximum absolute atomic E-state index is 2.51. The fraction of sp³-hybridized carbons (Fsp3) is 0.778. The van der Waals surface area contributed by atoms with Gasteiger partial charge >= 0.3 is 0 Å². The van der Waals surface area contributed by atoms with Crippen LogP contribution < -0.4 is 0 Å². The van der Waals surface area contributed by atoms with E-state index in [-0.39, 0.29) is 0 Å². The molecule has 2 heteroatoms. The summed E-state index contributed by atoms with van der Waals surface area (Å²) in [5.74, 6) is 0. The van der Waals surface area contributed by atoms with Gasteiger partial charge in [-0.05, 0) is 19.5 Å². The van der Waals surface area contributed by atoms with Gasteiger partial charge < -0.3 is 4.90 Å². The van der Waals surface area contributed by atoms with Crippen molar-refractivity contribution in [1.82, 2.24) is 4.90 Å². The Morgan fingerprint density at radius 1 is 1.36 bits per heavy atom. The first-order chi connectivity index (χ1) is 5.14. The van der Waals surface area contributed by atoms with E-state index in [4.69, 9.17) is 0 Å². The molecule has 1 rings (SSSR count).